The smallest absolute Gasteiger partial charge is 0.410 e. The number of aromatic nitrogens is 2. The SMILES string of the molecule is CN1C[C@]2(CCN(C(=O)c3ccc4nccn4c3)C2)OC1=O. The summed E-state index contributed by atoms with van der Waals surface area (Å²) in [5, 5.41) is 0. The molecule has 7 nitrogen and oxygen atoms in total. The van der Waals surface area contributed by atoms with Crippen molar-refractivity contribution in [2.24, 2.45) is 0 Å². The van der Waals surface area contributed by atoms with Gasteiger partial charge >= 0.3 is 6.09 Å². The van der Waals surface area contributed by atoms with Crippen LogP contribution in [0.5, 0.6) is 0 Å². The van der Waals surface area contributed by atoms with Crippen LogP contribution in [-0.2, 0) is 4.74 Å². The maximum Gasteiger partial charge on any atom is 0.410 e. The zero-order chi connectivity index (χ0) is 15.3. The predicted molar refractivity (Wildman–Crippen MR) is 77.6 cm³/mol. The number of ether oxygens (including phenoxy) is 1. The fourth-order valence-corrected chi connectivity index (χ4v) is 3.25. The fraction of sp³-hybridized carbons (Fsp3) is 0.400. The summed E-state index contributed by atoms with van der Waals surface area (Å²) in [5.41, 5.74) is 0.877. The van der Waals surface area contributed by atoms with Gasteiger partial charge in [-0.15, -0.1) is 0 Å². The summed E-state index contributed by atoms with van der Waals surface area (Å²) in [5.74, 6) is -0.0434. The lowest BCUT2D eigenvalue weighted by atomic mass is 10.0. The van der Waals surface area contributed by atoms with Gasteiger partial charge in [0.25, 0.3) is 5.91 Å². The number of rotatable bonds is 1. The van der Waals surface area contributed by atoms with Crippen molar-refractivity contribution in [3.8, 4) is 0 Å². The summed E-state index contributed by atoms with van der Waals surface area (Å²) in [7, 11) is 1.72. The maximum atomic E-state index is 12.7. The Labute approximate surface area is 127 Å². The zero-order valence-corrected chi connectivity index (χ0v) is 12.2. The minimum atomic E-state index is -0.541. The lowest BCUT2D eigenvalue weighted by molar-refractivity contribution is 0.0553. The molecule has 2 aromatic heterocycles. The van der Waals surface area contributed by atoms with Crippen molar-refractivity contribution in [3.63, 3.8) is 0 Å². The van der Waals surface area contributed by atoms with Crippen molar-refractivity contribution in [1.82, 2.24) is 19.2 Å². The number of amides is 2. The Morgan fingerprint density at radius 2 is 2.23 bits per heavy atom. The first kappa shape index (κ1) is 13.1. The third-order valence-corrected chi connectivity index (χ3v) is 4.38. The Balaban J connectivity index is 1.55. The molecule has 7 heteroatoms. The van der Waals surface area contributed by atoms with Gasteiger partial charge in [-0.3, -0.25) is 4.79 Å². The number of imidazole rings is 1. The molecule has 1 spiro atoms. The van der Waals surface area contributed by atoms with Crippen LogP contribution in [-0.4, -0.2) is 63.5 Å². The first-order chi connectivity index (χ1) is 10.6. The van der Waals surface area contributed by atoms with Crippen molar-refractivity contribution in [2.45, 2.75) is 12.0 Å². The van der Waals surface area contributed by atoms with E-state index in [0.29, 0.717) is 31.6 Å². The molecule has 114 valence electrons. The van der Waals surface area contributed by atoms with E-state index >= 15 is 0 Å². The van der Waals surface area contributed by atoms with Gasteiger partial charge in [0.2, 0.25) is 0 Å². The normalized spacial score (nSPS) is 24.5. The van der Waals surface area contributed by atoms with E-state index < -0.39 is 5.60 Å². The van der Waals surface area contributed by atoms with Gasteiger partial charge in [-0.05, 0) is 12.1 Å². The number of likely N-dealkylation sites (tertiary alicyclic amines) is 1. The lowest BCUT2D eigenvalue weighted by Crippen LogP contribution is -2.39. The average molecular weight is 300 g/mol. The molecular weight excluding hydrogens is 284 g/mol. The highest BCUT2D eigenvalue weighted by molar-refractivity contribution is 5.94. The van der Waals surface area contributed by atoms with Gasteiger partial charge in [0.15, 0.2) is 5.60 Å². The molecule has 4 rings (SSSR count). The summed E-state index contributed by atoms with van der Waals surface area (Å²) in [6.45, 7) is 1.59. The van der Waals surface area contributed by atoms with Crippen LogP contribution in [0.1, 0.15) is 16.8 Å². The summed E-state index contributed by atoms with van der Waals surface area (Å²) >= 11 is 0. The molecule has 0 aromatic carbocycles. The molecule has 22 heavy (non-hydrogen) atoms. The minimum absolute atomic E-state index is 0.0434. The number of carbonyl (C=O) groups is 2. The first-order valence-electron chi connectivity index (χ1n) is 7.22. The van der Waals surface area contributed by atoms with Crippen LogP contribution in [0.3, 0.4) is 0 Å². The third-order valence-electron chi connectivity index (χ3n) is 4.38. The van der Waals surface area contributed by atoms with E-state index in [9.17, 15) is 9.59 Å². The number of pyridine rings is 1. The Morgan fingerprint density at radius 1 is 1.36 bits per heavy atom. The van der Waals surface area contributed by atoms with Gasteiger partial charge in [-0.2, -0.15) is 0 Å². The Hall–Kier alpha value is -2.57. The van der Waals surface area contributed by atoms with E-state index in [1.165, 1.54) is 0 Å². The molecule has 2 saturated heterocycles. The quantitative estimate of drug-likeness (QED) is 0.788. The summed E-state index contributed by atoms with van der Waals surface area (Å²) in [6.07, 6.45) is 5.66. The molecule has 2 fully saturated rings. The molecule has 0 bridgehead atoms. The summed E-state index contributed by atoms with van der Waals surface area (Å²) in [4.78, 5) is 31.7. The largest absolute Gasteiger partial charge is 0.439 e. The van der Waals surface area contributed by atoms with Crippen molar-refractivity contribution in [2.75, 3.05) is 26.7 Å². The number of likely N-dealkylation sites (N-methyl/N-ethyl adjacent to an activating group) is 1. The zero-order valence-electron chi connectivity index (χ0n) is 12.2. The summed E-state index contributed by atoms with van der Waals surface area (Å²) < 4.78 is 7.30. The summed E-state index contributed by atoms with van der Waals surface area (Å²) in [6, 6.07) is 3.60. The van der Waals surface area contributed by atoms with E-state index in [2.05, 4.69) is 4.98 Å². The number of hydrogen-bond acceptors (Lipinski definition) is 4. The highest BCUT2D eigenvalue weighted by Crippen LogP contribution is 2.32. The van der Waals surface area contributed by atoms with Crippen LogP contribution in [0.2, 0.25) is 0 Å². The third kappa shape index (κ3) is 1.93. The molecule has 4 heterocycles. The van der Waals surface area contributed by atoms with Crippen molar-refractivity contribution >= 4 is 17.6 Å². The van der Waals surface area contributed by atoms with E-state index in [0.717, 1.165) is 5.65 Å². The lowest BCUT2D eigenvalue weighted by Gasteiger charge is -2.21. The Kier molecular flexibility index (Phi) is 2.66. The molecular formula is C15H16N4O3. The highest BCUT2D eigenvalue weighted by atomic mass is 16.6. The highest BCUT2D eigenvalue weighted by Gasteiger charge is 2.49. The van der Waals surface area contributed by atoms with Crippen LogP contribution in [0.25, 0.3) is 5.65 Å². The van der Waals surface area contributed by atoms with Crippen LogP contribution >= 0.6 is 0 Å². The van der Waals surface area contributed by atoms with E-state index in [1.807, 2.05) is 16.7 Å². The van der Waals surface area contributed by atoms with Gasteiger partial charge in [-0.1, -0.05) is 0 Å². The number of hydrogen-bond donors (Lipinski definition) is 0. The second-order valence-electron chi connectivity index (χ2n) is 5.99. The molecule has 2 aliphatic rings. The van der Waals surface area contributed by atoms with Gasteiger partial charge in [0.05, 0.1) is 18.7 Å². The molecule has 2 amide bonds. The second-order valence-corrected chi connectivity index (χ2v) is 5.99. The van der Waals surface area contributed by atoms with Crippen LogP contribution in [0.15, 0.2) is 30.7 Å². The number of fused-ring (bicyclic) bond motifs is 1. The van der Waals surface area contributed by atoms with Crippen molar-refractivity contribution in [1.29, 1.82) is 0 Å². The Bertz CT molecular complexity index is 771. The first-order valence-corrected chi connectivity index (χ1v) is 7.22. The maximum absolute atomic E-state index is 12.7. The fourth-order valence-electron chi connectivity index (χ4n) is 3.25. The molecule has 2 aliphatic heterocycles. The van der Waals surface area contributed by atoms with E-state index in [1.54, 1.807) is 35.3 Å². The second kappa shape index (κ2) is 4.46. The predicted octanol–water partition coefficient (Wildman–Crippen LogP) is 1.00. The number of nitrogens with zero attached hydrogens (tertiary/aromatic N) is 4. The molecule has 1 atom stereocenters. The molecule has 0 aliphatic carbocycles. The van der Waals surface area contributed by atoms with Crippen molar-refractivity contribution in [3.05, 3.63) is 36.3 Å². The molecule has 0 unspecified atom stereocenters. The standard InChI is InChI=1S/C15H16N4O3/c1-17-9-15(22-14(17)21)4-6-19(10-15)13(20)11-2-3-12-16-5-7-18(12)8-11/h2-3,5,7-8H,4,6,9-10H2,1H3/t15-/m0/s1. The molecule has 0 saturated carbocycles. The molecule has 0 radical (unpaired) electrons. The van der Waals surface area contributed by atoms with E-state index in [4.69, 9.17) is 4.74 Å². The van der Waals surface area contributed by atoms with Gasteiger partial charge < -0.3 is 18.9 Å². The topological polar surface area (TPSA) is 67.2 Å². The van der Waals surface area contributed by atoms with Gasteiger partial charge in [-0.25, -0.2) is 9.78 Å². The molecule has 0 N–H and O–H groups in total. The van der Waals surface area contributed by atoms with Crippen LogP contribution in [0, 0.1) is 0 Å². The van der Waals surface area contributed by atoms with E-state index in [-0.39, 0.29) is 12.0 Å². The number of carbonyl (C=O) groups excluding carboxylic acids is 2. The Morgan fingerprint density at radius 3 is 3.00 bits per heavy atom. The van der Waals surface area contributed by atoms with Crippen molar-refractivity contribution < 1.29 is 14.3 Å². The monoisotopic (exact) mass is 300 g/mol. The van der Waals surface area contributed by atoms with Crippen LogP contribution in [0.4, 0.5) is 4.79 Å². The minimum Gasteiger partial charge on any atom is -0.439 e. The average Bonchev–Trinajstić information content (AvgIpc) is 3.18. The van der Waals surface area contributed by atoms with Gasteiger partial charge in [0, 0.05) is 38.6 Å². The molecule has 2 aromatic rings. The van der Waals surface area contributed by atoms with Crippen LogP contribution < -0.4 is 0 Å². The van der Waals surface area contributed by atoms with Gasteiger partial charge in [0.1, 0.15) is 5.65 Å².